The third-order valence-electron chi connectivity index (χ3n) is 11.5. The van der Waals surface area contributed by atoms with Gasteiger partial charge in [-0.1, -0.05) is 143 Å². The highest BCUT2D eigenvalue weighted by molar-refractivity contribution is 6.14. The van der Waals surface area contributed by atoms with Crippen LogP contribution >= 0.6 is 0 Å². The predicted octanol–water partition coefficient (Wildman–Crippen LogP) is 13.3. The molecule has 0 unspecified atom stereocenters. The monoisotopic (exact) mass is 643 g/mol. The molecule has 0 atom stereocenters. The number of rotatable bonds is 4. The second kappa shape index (κ2) is 10.3. The van der Waals surface area contributed by atoms with Crippen LogP contribution in [0, 0.1) is 0 Å². The van der Waals surface area contributed by atoms with Gasteiger partial charge in [0.2, 0.25) is 0 Å². The molecule has 0 N–H and O–H groups in total. The zero-order chi connectivity index (χ0) is 33.8. The van der Waals surface area contributed by atoms with Crippen molar-refractivity contribution in [1.82, 2.24) is 0 Å². The Kier molecular flexibility index (Phi) is 6.01. The molecular weight excluding hydrogens is 607 g/mol. The van der Waals surface area contributed by atoms with Gasteiger partial charge in [-0.25, -0.2) is 0 Å². The summed E-state index contributed by atoms with van der Waals surface area (Å²) in [5.74, 6) is 0. The molecule has 2 aliphatic rings. The Morgan fingerprint density at radius 3 is 1.76 bits per heavy atom. The first-order valence-corrected chi connectivity index (χ1v) is 17.6. The van der Waals surface area contributed by atoms with Gasteiger partial charge in [-0.3, -0.25) is 0 Å². The topological polar surface area (TPSA) is 16.4 Å². The van der Waals surface area contributed by atoms with E-state index in [9.17, 15) is 0 Å². The van der Waals surface area contributed by atoms with Crippen molar-refractivity contribution in [2.75, 3.05) is 4.90 Å². The third-order valence-corrected chi connectivity index (χ3v) is 11.5. The van der Waals surface area contributed by atoms with Crippen LogP contribution in [-0.2, 0) is 10.8 Å². The molecule has 0 radical (unpaired) electrons. The van der Waals surface area contributed by atoms with Gasteiger partial charge in [-0.2, -0.15) is 0 Å². The van der Waals surface area contributed by atoms with Gasteiger partial charge in [0.25, 0.3) is 0 Å². The fraction of sp³-hybridized carbons (Fsp3) is 0.125. The lowest BCUT2D eigenvalue weighted by atomic mass is 9.82. The van der Waals surface area contributed by atoms with Crippen LogP contribution < -0.4 is 4.90 Å². The van der Waals surface area contributed by atoms with E-state index in [1.807, 2.05) is 0 Å². The van der Waals surface area contributed by atoms with Crippen molar-refractivity contribution in [2.24, 2.45) is 0 Å². The standard InChI is InChI=1S/C48H37NO/c1-47(2)41-20-11-9-16-39(41)44-42(47)28-27-38-37-18-12-17-34(45(37)50-46(38)44)30-21-23-32(24-22-30)49(31-13-6-5-7-14-31)33-25-26-36-35-15-8-10-19-40(35)48(3,4)43(36)29-33/h5-29H,1-4H3. The van der Waals surface area contributed by atoms with E-state index >= 15 is 0 Å². The molecule has 7 aromatic carbocycles. The Bertz CT molecular complexity index is 2640. The maximum atomic E-state index is 6.93. The molecule has 2 aliphatic carbocycles. The molecule has 0 fully saturated rings. The summed E-state index contributed by atoms with van der Waals surface area (Å²) in [4.78, 5) is 2.37. The lowest BCUT2D eigenvalue weighted by Gasteiger charge is -2.28. The lowest BCUT2D eigenvalue weighted by molar-refractivity contribution is 0.653. The van der Waals surface area contributed by atoms with E-state index in [0.29, 0.717) is 0 Å². The summed E-state index contributed by atoms with van der Waals surface area (Å²) in [6, 6.07) is 55.4. The molecule has 10 rings (SSSR count). The number of furan rings is 1. The summed E-state index contributed by atoms with van der Waals surface area (Å²) in [5.41, 5.74) is 18.0. The van der Waals surface area contributed by atoms with Crippen LogP contribution in [0.1, 0.15) is 49.9 Å². The molecule has 0 saturated heterocycles. The molecule has 1 aromatic heterocycles. The summed E-state index contributed by atoms with van der Waals surface area (Å²) in [7, 11) is 0. The molecule has 0 bridgehead atoms. The molecule has 8 aromatic rings. The Balaban J connectivity index is 1.09. The second-order valence-corrected chi connectivity index (χ2v) is 14.9. The van der Waals surface area contributed by atoms with Crippen LogP contribution in [0.2, 0.25) is 0 Å². The quantitative estimate of drug-likeness (QED) is 0.190. The van der Waals surface area contributed by atoms with Crippen molar-refractivity contribution in [3.05, 3.63) is 174 Å². The molecular formula is C48H37NO. The molecule has 2 nitrogen and oxygen atoms in total. The van der Waals surface area contributed by atoms with Gasteiger partial charge in [0, 0.05) is 49.8 Å². The number of fused-ring (bicyclic) bond motifs is 10. The van der Waals surface area contributed by atoms with Gasteiger partial charge < -0.3 is 9.32 Å². The van der Waals surface area contributed by atoms with Crippen LogP contribution in [0.5, 0.6) is 0 Å². The zero-order valence-electron chi connectivity index (χ0n) is 28.8. The summed E-state index contributed by atoms with van der Waals surface area (Å²) < 4.78 is 6.93. The van der Waals surface area contributed by atoms with Crippen molar-refractivity contribution in [1.29, 1.82) is 0 Å². The third kappa shape index (κ3) is 3.96. The smallest absolute Gasteiger partial charge is 0.143 e. The SMILES string of the molecule is CC1(C)c2ccccc2-c2ccc(N(c3ccccc3)c3ccc(-c4cccc5c4oc4c6c(ccc45)C(C)(C)c4ccccc4-6)cc3)cc21. The maximum absolute atomic E-state index is 6.93. The number of para-hydroxylation sites is 2. The predicted molar refractivity (Wildman–Crippen MR) is 209 cm³/mol. The van der Waals surface area contributed by atoms with Crippen molar-refractivity contribution in [2.45, 2.75) is 38.5 Å². The molecule has 0 aliphatic heterocycles. The Morgan fingerprint density at radius 2 is 0.980 bits per heavy atom. The van der Waals surface area contributed by atoms with Crippen molar-refractivity contribution in [3.63, 3.8) is 0 Å². The second-order valence-electron chi connectivity index (χ2n) is 14.9. The zero-order valence-corrected chi connectivity index (χ0v) is 28.8. The van der Waals surface area contributed by atoms with Crippen molar-refractivity contribution >= 4 is 39.0 Å². The summed E-state index contributed by atoms with van der Waals surface area (Å²) in [5, 5.41) is 2.32. The number of hydrogen-bond donors (Lipinski definition) is 0. The Labute approximate surface area is 293 Å². The van der Waals surface area contributed by atoms with Gasteiger partial charge in [-0.15, -0.1) is 0 Å². The molecule has 50 heavy (non-hydrogen) atoms. The summed E-state index contributed by atoms with van der Waals surface area (Å²) in [6.45, 7) is 9.33. The number of benzene rings is 7. The van der Waals surface area contributed by atoms with Gasteiger partial charge in [0.15, 0.2) is 0 Å². The fourth-order valence-corrected chi connectivity index (χ4v) is 8.91. The average Bonchev–Trinajstić information content (AvgIpc) is 3.73. The Hall–Kier alpha value is -5.86. The van der Waals surface area contributed by atoms with Gasteiger partial charge >= 0.3 is 0 Å². The van der Waals surface area contributed by atoms with Crippen molar-refractivity contribution < 1.29 is 4.42 Å². The summed E-state index contributed by atoms with van der Waals surface area (Å²) >= 11 is 0. The molecule has 0 saturated carbocycles. The minimum Gasteiger partial charge on any atom is -0.455 e. The Morgan fingerprint density at radius 1 is 0.400 bits per heavy atom. The van der Waals surface area contributed by atoms with Crippen LogP contribution in [0.15, 0.2) is 156 Å². The fourth-order valence-electron chi connectivity index (χ4n) is 8.91. The molecule has 240 valence electrons. The minimum absolute atomic E-state index is 0.0685. The van der Waals surface area contributed by atoms with Gasteiger partial charge in [0.05, 0.1) is 0 Å². The highest BCUT2D eigenvalue weighted by Crippen LogP contribution is 2.53. The van der Waals surface area contributed by atoms with Gasteiger partial charge in [0.1, 0.15) is 11.2 Å². The van der Waals surface area contributed by atoms with Crippen molar-refractivity contribution in [3.8, 4) is 33.4 Å². The maximum Gasteiger partial charge on any atom is 0.143 e. The number of anilines is 3. The van der Waals surface area contributed by atoms with E-state index in [-0.39, 0.29) is 10.8 Å². The first kappa shape index (κ1) is 29.1. The first-order chi connectivity index (χ1) is 24.3. The van der Waals surface area contributed by atoms with Crippen LogP contribution in [-0.4, -0.2) is 0 Å². The molecule has 0 spiro atoms. The highest BCUT2D eigenvalue weighted by Gasteiger charge is 2.38. The van der Waals surface area contributed by atoms with E-state index in [1.165, 1.54) is 49.9 Å². The average molecular weight is 644 g/mol. The highest BCUT2D eigenvalue weighted by atomic mass is 16.3. The van der Waals surface area contributed by atoms with E-state index in [4.69, 9.17) is 4.42 Å². The largest absolute Gasteiger partial charge is 0.455 e. The van der Waals surface area contributed by atoms with Crippen LogP contribution in [0.25, 0.3) is 55.3 Å². The van der Waals surface area contributed by atoms with Crippen LogP contribution in [0.3, 0.4) is 0 Å². The van der Waals surface area contributed by atoms with Gasteiger partial charge in [-0.05, 0) is 80.9 Å². The van der Waals surface area contributed by atoms with E-state index in [2.05, 4.69) is 184 Å². The lowest BCUT2D eigenvalue weighted by Crippen LogP contribution is -2.16. The van der Waals surface area contributed by atoms with E-state index in [0.717, 1.165) is 44.7 Å². The normalized spacial score (nSPS) is 14.7. The number of nitrogens with zero attached hydrogens (tertiary/aromatic N) is 1. The summed E-state index contributed by atoms with van der Waals surface area (Å²) in [6.07, 6.45) is 0. The number of hydrogen-bond acceptors (Lipinski definition) is 2. The minimum atomic E-state index is -0.0721. The van der Waals surface area contributed by atoms with E-state index in [1.54, 1.807) is 0 Å². The molecule has 1 heterocycles. The molecule has 2 heteroatoms. The molecule has 0 amide bonds. The van der Waals surface area contributed by atoms with E-state index < -0.39 is 0 Å². The van der Waals surface area contributed by atoms with Crippen LogP contribution in [0.4, 0.5) is 17.1 Å². The first-order valence-electron chi connectivity index (χ1n) is 17.6.